The minimum Gasteiger partial charge on any atom is -0.477 e. The van der Waals surface area contributed by atoms with Crippen LogP contribution < -0.4 is 5.32 Å². The van der Waals surface area contributed by atoms with Gasteiger partial charge in [0.2, 0.25) is 0 Å². The molecule has 1 fully saturated rings. The Balaban J connectivity index is 1.80. The van der Waals surface area contributed by atoms with Gasteiger partial charge in [-0.3, -0.25) is 0 Å². The molecule has 0 aliphatic carbocycles. The Bertz CT molecular complexity index is 412. The first-order valence-electron chi connectivity index (χ1n) is 5.89. The zero-order chi connectivity index (χ0) is 13.0. The molecule has 1 atom stereocenters. The number of aromatic carboxylic acids is 1. The van der Waals surface area contributed by atoms with E-state index in [4.69, 9.17) is 14.6 Å². The summed E-state index contributed by atoms with van der Waals surface area (Å²) >= 11 is 1.31. The van der Waals surface area contributed by atoms with E-state index in [0.717, 1.165) is 17.0 Å². The molecule has 1 aliphatic rings. The van der Waals surface area contributed by atoms with Crippen LogP contribution in [0.25, 0.3) is 0 Å². The molecule has 5 nitrogen and oxygen atoms in total. The number of aryl methyl sites for hydroxylation is 1. The summed E-state index contributed by atoms with van der Waals surface area (Å²) in [6.45, 7) is 5.26. The van der Waals surface area contributed by atoms with Crippen LogP contribution >= 0.6 is 11.3 Å². The van der Waals surface area contributed by atoms with Crippen molar-refractivity contribution in [3.63, 3.8) is 0 Å². The summed E-state index contributed by atoms with van der Waals surface area (Å²) in [5, 5.41) is 12.2. The third-order valence-corrected chi connectivity index (χ3v) is 3.88. The second kappa shape index (κ2) is 6.29. The summed E-state index contributed by atoms with van der Waals surface area (Å²) in [6, 6.07) is 1.73. The Labute approximate surface area is 110 Å². The number of carboxylic acids is 1. The average molecular weight is 271 g/mol. The van der Waals surface area contributed by atoms with Crippen molar-refractivity contribution in [3.8, 4) is 0 Å². The number of hydrogen-bond acceptors (Lipinski definition) is 5. The van der Waals surface area contributed by atoms with Gasteiger partial charge >= 0.3 is 5.97 Å². The van der Waals surface area contributed by atoms with Gasteiger partial charge in [-0.25, -0.2) is 4.79 Å². The zero-order valence-corrected chi connectivity index (χ0v) is 11.1. The number of carboxylic acid groups (broad SMARTS) is 1. The Morgan fingerprint density at radius 2 is 2.44 bits per heavy atom. The summed E-state index contributed by atoms with van der Waals surface area (Å²) in [7, 11) is 0. The van der Waals surface area contributed by atoms with Gasteiger partial charge in [0, 0.05) is 18.0 Å². The maximum absolute atomic E-state index is 10.8. The van der Waals surface area contributed by atoms with Gasteiger partial charge < -0.3 is 19.9 Å². The second-order valence-electron chi connectivity index (χ2n) is 4.20. The monoisotopic (exact) mass is 271 g/mol. The number of thiophene rings is 1. The van der Waals surface area contributed by atoms with E-state index in [1.807, 2.05) is 6.92 Å². The molecule has 2 rings (SSSR count). The minimum absolute atomic E-state index is 0.0941. The molecule has 0 aromatic carbocycles. The van der Waals surface area contributed by atoms with Crippen molar-refractivity contribution >= 4 is 17.3 Å². The lowest BCUT2D eigenvalue weighted by molar-refractivity contribution is -0.0864. The normalized spacial score (nSPS) is 19.9. The van der Waals surface area contributed by atoms with Crippen molar-refractivity contribution in [2.45, 2.75) is 19.6 Å². The van der Waals surface area contributed by atoms with E-state index in [-0.39, 0.29) is 6.10 Å². The first-order valence-corrected chi connectivity index (χ1v) is 6.71. The third kappa shape index (κ3) is 3.52. The van der Waals surface area contributed by atoms with Crippen molar-refractivity contribution < 1.29 is 19.4 Å². The highest BCUT2D eigenvalue weighted by molar-refractivity contribution is 7.14. The van der Waals surface area contributed by atoms with E-state index >= 15 is 0 Å². The van der Waals surface area contributed by atoms with Crippen LogP contribution in [0.5, 0.6) is 0 Å². The van der Waals surface area contributed by atoms with Crippen molar-refractivity contribution in [2.75, 3.05) is 26.4 Å². The Kier molecular flexibility index (Phi) is 4.71. The molecule has 0 radical (unpaired) electrons. The lowest BCUT2D eigenvalue weighted by Gasteiger charge is -2.23. The van der Waals surface area contributed by atoms with Crippen LogP contribution in [0.3, 0.4) is 0 Å². The van der Waals surface area contributed by atoms with Crippen LogP contribution in [0, 0.1) is 6.92 Å². The zero-order valence-electron chi connectivity index (χ0n) is 10.3. The van der Waals surface area contributed by atoms with Gasteiger partial charge in [-0.15, -0.1) is 11.3 Å². The van der Waals surface area contributed by atoms with E-state index in [0.29, 0.717) is 31.2 Å². The topological polar surface area (TPSA) is 67.8 Å². The maximum Gasteiger partial charge on any atom is 0.345 e. The predicted molar refractivity (Wildman–Crippen MR) is 68.3 cm³/mol. The molecule has 1 aliphatic heterocycles. The number of hydrogen-bond donors (Lipinski definition) is 2. The largest absolute Gasteiger partial charge is 0.477 e. The van der Waals surface area contributed by atoms with Gasteiger partial charge in [0.1, 0.15) is 4.88 Å². The molecule has 0 bridgehead atoms. The van der Waals surface area contributed by atoms with E-state index < -0.39 is 5.97 Å². The van der Waals surface area contributed by atoms with Crippen LogP contribution in [-0.4, -0.2) is 43.5 Å². The number of nitrogens with one attached hydrogen (secondary N) is 1. The van der Waals surface area contributed by atoms with Gasteiger partial charge in [0.25, 0.3) is 0 Å². The fourth-order valence-corrected chi connectivity index (χ4v) is 2.70. The summed E-state index contributed by atoms with van der Waals surface area (Å²) in [6.07, 6.45) is 0.0941. The molecule has 1 aromatic rings. The van der Waals surface area contributed by atoms with E-state index in [9.17, 15) is 4.79 Å². The molecule has 1 saturated heterocycles. The molecule has 2 heterocycles. The van der Waals surface area contributed by atoms with Gasteiger partial charge in [-0.05, 0) is 18.6 Å². The number of carbonyl (C=O) groups is 1. The Hall–Kier alpha value is -0.950. The highest BCUT2D eigenvalue weighted by Gasteiger charge is 2.15. The smallest absolute Gasteiger partial charge is 0.345 e. The molecule has 6 heteroatoms. The van der Waals surface area contributed by atoms with Crippen molar-refractivity contribution in [2.24, 2.45) is 0 Å². The highest BCUT2D eigenvalue weighted by atomic mass is 32.1. The fraction of sp³-hybridized carbons (Fsp3) is 0.583. The van der Waals surface area contributed by atoms with Crippen LogP contribution in [-0.2, 0) is 16.0 Å². The van der Waals surface area contributed by atoms with E-state index in [1.54, 1.807) is 6.07 Å². The Morgan fingerprint density at radius 3 is 3.06 bits per heavy atom. The number of rotatable bonds is 5. The predicted octanol–water partition coefficient (Wildman–Crippen LogP) is 1.26. The second-order valence-corrected chi connectivity index (χ2v) is 5.45. The Morgan fingerprint density at radius 1 is 1.61 bits per heavy atom. The fourth-order valence-electron chi connectivity index (χ4n) is 1.82. The highest BCUT2D eigenvalue weighted by Crippen LogP contribution is 2.21. The molecule has 1 aromatic heterocycles. The first kappa shape index (κ1) is 13.5. The molecule has 1 unspecified atom stereocenters. The lowest BCUT2D eigenvalue weighted by atomic mass is 10.2. The average Bonchev–Trinajstić information content (AvgIpc) is 2.73. The van der Waals surface area contributed by atoms with Crippen LogP contribution in [0.15, 0.2) is 6.07 Å². The van der Waals surface area contributed by atoms with E-state index in [2.05, 4.69) is 5.32 Å². The molecule has 0 amide bonds. The molecule has 0 spiro atoms. The van der Waals surface area contributed by atoms with Gasteiger partial charge in [0.15, 0.2) is 0 Å². The molecular weight excluding hydrogens is 254 g/mol. The molecule has 2 N–H and O–H groups in total. The van der Waals surface area contributed by atoms with Crippen LogP contribution in [0.1, 0.15) is 20.1 Å². The van der Waals surface area contributed by atoms with Gasteiger partial charge in [-0.1, -0.05) is 0 Å². The van der Waals surface area contributed by atoms with Crippen molar-refractivity contribution in [3.05, 3.63) is 21.4 Å². The molecular formula is C12H17NO4S. The van der Waals surface area contributed by atoms with Crippen molar-refractivity contribution in [1.82, 2.24) is 5.32 Å². The lowest BCUT2D eigenvalue weighted by Crippen LogP contribution is -2.37. The minimum atomic E-state index is -0.863. The standard InChI is InChI=1S/C12H17NO4S/c1-8-9(4-11(18-8)12(14)15)5-13-6-10-7-16-2-3-17-10/h4,10,13H,2-3,5-7H2,1H3,(H,14,15). The first-order chi connectivity index (χ1) is 8.66. The summed E-state index contributed by atoms with van der Waals surface area (Å²) < 4.78 is 10.8. The SMILES string of the molecule is Cc1sc(C(=O)O)cc1CNCC1COCCO1. The van der Waals surface area contributed by atoms with Crippen molar-refractivity contribution in [1.29, 1.82) is 0 Å². The number of ether oxygens (including phenoxy) is 2. The van der Waals surface area contributed by atoms with E-state index in [1.165, 1.54) is 11.3 Å². The van der Waals surface area contributed by atoms with Crippen LogP contribution in [0.2, 0.25) is 0 Å². The summed E-state index contributed by atoms with van der Waals surface area (Å²) in [5.74, 6) is -0.863. The maximum atomic E-state index is 10.8. The van der Waals surface area contributed by atoms with Gasteiger partial charge in [0.05, 0.1) is 25.9 Å². The molecule has 0 saturated carbocycles. The molecule has 100 valence electrons. The quantitative estimate of drug-likeness (QED) is 0.844. The summed E-state index contributed by atoms with van der Waals surface area (Å²) in [4.78, 5) is 12.3. The molecule has 18 heavy (non-hydrogen) atoms. The van der Waals surface area contributed by atoms with Crippen LogP contribution in [0.4, 0.5) is 0 Å². The summed E-state index contributed by atoms with van der Waals surface area (Å²) in [5.41, 5.74) is 1.04. The van der Waals surface area contributed by atoms with Gasteiger partial charge in [-0.2, -0.15) is 0 Å². The third-order valence-electron chi connectivity index (χ3n) is 2.80.